The van der Waals surface area contributed by atoms with Gasteiger partial charge >= 0.3 is 5.63 Å². The zero-order chi connectivity index (χ0) is 21.1. The van der Waals surface area contributed by atoms with Gasteiger partial charge in [0.1, 0.15) is 5.58 Å². The van der Waals surface area contributed by atoms with Gasteiger partial charge in [-0.15, -0.1) is 5.10 Å². The molecule has 0 amide bonds. The van der Waals surface area contributed by atoms with Gasteiger partial charge < -0.3 is 9.52 Å². The summed E-state index contributed by atoms with van der Waals surface area (Å²) in [5.74, 6) is 0.204. The summed E-state index contributed by atoms with van der Waals surface area (Å²) in [6, 6.07) is 15.5. The summed E-state index contributed by atoms with van der Waals surface area (Å²) >= 11 is 0. The lowest BCUT2D eigenvalue weighted by Crippen LogP contribution is -2.02. The molecule has 1 N–H and O–H groups in total. The summed E-state index contributed by atoms with van der Waals surface area (Å²) in [5.41, 5.74) is 5.06. The van der Waals surface area contributed by atoms with E-state index in [0.29, 0.717) is 18.5 Å². The number of aryl methyl sites for hydroxylation is 1. The van der Waals surface area contributed by atoms with Gasteiger partial charge in [-0.3, -0.25) is 0 Å². The standard InChI is InChI=1S/C24H25N3O3/c1-3-18(9-10-28)22-15-27(26-25-22)14-17-7-8-20-21(13-24(29)30-23(20)12-17)19-6-4-5-16(2)11-19/h4-8,11-13,15,18,28H,3,9-10,14H2,1-2H3. The molecular weight excluding hydrogens is 378 g/mol. The van der Waals surface area contributed by atoms with Crippen molar-refractivity contribution < 1.29 is 9.52 Å². The highest BCUT2D eigenvalue weighted by Gasteiger charge is 2.14. The normalized spacial score (nSPS) is 12.4. The average Bonchev–Trinajstić information content (AvgIpc) is 3.19. The van der Waals surface area contributed by atoms with Gasteiger partial charge in [0.05, 0.1) is 12.2 Å². The maximum absolute atomic E-state index is 12.2. The average molecular weight is 403 g/mol. The van der Waals surface area contributed by atoms with E-state index in [-0.39, 0.29) is 18.2 Å². The van der Waals surface area contributed by atoms with Gasteiger partial charge in [0.25, 0.3) is 0 Å². The van der Waals surface area contributed by atoms with E-state index in [9.17, 15) is 9.90 Å². The maximum Gasteiger partial charge on any atom is 0.336 e. The van der Waals surface area contributed by atoms with Gasteiger partial charge in [-0.25, -0.2) is 9.48 Å². The highest BCUT2D eigenvalue weighted by molar-refractivity contribution is 5.93. The molecule has 6 heteroatoms. The molecule has 4 rings (SSSR count). The summed E-state index contributed by atoms with van der Waals surface area (Å²) in [6.45, 7) is 4.77. The summed E-state index contributed by atoms with van der Waals surface area (Å²) in [5, 5.41) is 18.6. The molecule has 0 saturated heterocycles. The molecule has 6 nitrogen and oxygen atoms in total. The number of aliphatic hydroxyl groups is 1. The molecule has 30 heavy (non-hydrogen) atoms. The Hall–Kier alpha value is -3.25. The number of benzene rings is 2. The van der Waals surface area contributed by atoms with E-state index in [2.05, 4.69) is 23.3 Å². The van der Waals surface area contributed by atoms with Gasteiger partial charge in [0, 0.05) is 30.2 Å². The van der Waals surface area contributed by atoms with Crippen LogP contribution in [0, 0.1) is 6.92 Å². The lowest BCUT2D eigenvalue weighted by Gasteiger charge is -2.09. The van der Waals surface area contributed by atoms with E-state index < -0.39 is 0 Å². The molecule has 0 saturated carbocycles. The van der Waals surface area contributed by atoms with Crippen molar-refractivity contribution in [1.29, 1.82) is 0 Å². The Morgan fingerprint density at radius 2 is 2.03 bits per heavy atom. The largest absolute Gasteiger partial charge is 0.423 e. The van der Waals surface area contributed by atoms with Crippen LogP contribution in [0.4, 0.5) is 0 Å². The van der Waals surface area contributed by atoms with Gasteiger partial charge in [0.2, 0.25) is 0 Å². The molecule has 0 fully saturated rings. The first kappa shape index (κ1) is 20.0. The summed E-state index contributed by atoms with van der Waals surface area (Å²) < 4.78 is 7.27. The quantitative estimate of drug-likeness (QED) is 0.466. The molecule has 0 aliphatic carbocycles. The molecular formula is C24H25N3O3. The maximum atomic E-state index is 12.2. The fourth-order valence-corrected chi connectivity index (χ4v) is 3.84. The van der Waals surface area contributed by atoms with E-state index in [1.807, 2.05) is 49.5 Å². The lowest BCUT2D eigenvalue weighted by molar-refractivity contribution is 0.273. The number of rotatable bonds is 7. The van der Waals surface area contributed by atoms with E-state index in [1.54, 1.807) is 10.7 Å². The predicted octanol–water partition coefficient (Wildman–Crippen LogP) is 4.28. The Bertz CT molecular complexity index is 1230. The lowest BCUT2D eigenvalue weighted by atomic mass is 9.99. The van der Waals surface area contributed by atoms with E-state index in [0.717, 1.165) is 39.8 Å². The van der Waals surface area contributed by atoms with Gasteiger partial charge in [-0.1, -0.05) is 54.1 Å². The van der Waals surface area contributed by atoms with Crippen molar-refractivity contribution in [2.45, 2.75) is 39.2 Å². The zero-order valence-corrected chi connectivity index (χ0v) is 17.2. The molecule has 2 aromatic heterocycles. The second-order valence-electron chi connectivity index (χ2n) is 7.64. The SMILES string of the molecule is CCC(CCO)c1cn(Cc2ccc3c(-c4cccc(C)c4)cc(=O)oc3c2)nn1. The number of hydrogen-bond acceptors (Lipinski definition) is 5. The monoisotopic (exact) mass is 403 g/mol. The second kappa shape index (κ2) is 8.63. The van der Waals surface area contributed by atoms with Crippen molar-refractivity contribution in [3.8, 4) is 11.1 Å². The zero-order valence-electron chi connectivity index (χ0n) is 17.2. The van der Waals surface area contributed by atoms with Crippen LogP contribution in [0.2, 0.25) is 0 Å². The molecule has 2 aromatic carbocycles. The van der Waals surface area contributed by atoms with Crippen LogP contribution in [-0.2, 0) is 6.54 Å². The van der Waals surface area contributed by atoms with Crippen molar-refractivity contribution in [3.63, 3.8) is 0 Å². The molecule has 1 atom stereocenters. The third-order valence-corrected chi connectivity index (χ3v) is 5.43. The number of aromatic nitrogens is 3. The van der Waals surface area contributed by atoms with E-state index in [4.69, 9.17) is 4.42 Å². The topological polar surface area (TPSA) is 81.2 Å². The van der Waals surface area contributed by atoms with E-state index in [1.165, 1.54) is 0 Å². The van der Waals surface area contributed by atoms with Gasteiger partial charge in [-0.05, 0) is 42.5 Å². The number of aliphatic hydroxyl groups excluding tert-OH is 1. The van der Waals surface area contributed by atoms with Crippen molar-refractivity contribution in [3.05, 3.63) is 82.0 Å². The van der Waals surface area contributed by atoms with Crippen molar-refractivity contribution in [2.75, 3.05) is 6.61 Å². The predicted molar refractivity (Wildman–Crippen MR) is 117 cm³/mol. The highest BCUT2D eigenvalue weighted by Crippen LogP contribution is 2.29. The van der Waals surface area contributed by atoms with Crippen LogP contribution in [0.5, 0.6) is 0 Å². The Kier molecular flexibility index (Phi) is 5.77. The highest BCUT2D eigenvalue weighted by atomic mass is 16.4. The molecule has 0 bridgehead atoms. The summed E-state index contributed by atoms with van der Waals surface area (Å²) in [6.07, 6.45) is 3.51. The van der Waals surface area contributed by atoms with E-state index >= 15 is 0 Å². The Balaban J connectivity index is 1.66. The fourth-order valence-electron chi connectivity index (χ4n) is 3.84. The Labute approximate surface area is 174 Å². The second-order valence-corrected chi connectivity index (χ2v) is 7.64. The first-order chi connectivity index (χ1) is 14.6. The summed E-state index contributed by atoms with van der Waals surface area (Å²) in [4.78, 5) is 12.2. The molecule has 0 spiro atoms. The molecule has 154 valence electrons. The number of nitrogens with zero attached hydrogens (tertiary/aromatic N) is 3. The van der Waals surface area contributed by atoms with Crippen molar-refractivity contribution >= 4 is 11.0 Å². The smallest absolute Gasteiger partial charge is 0.336 e. The third kappa shape index (κ3) is 4.19. The molecule has 1 unspecified atom stereocenters. The van der Waals surface area contributed by atoms with Crippen LogP contribution < -0.4 is 5.63 Å². The fraction of sp³-hybridized carbons (Fsp3) is 0.292. The first-order valence-corrected chi connectivity index (χ1v) is 10.2. The van der Waals surface area contributed by atoms with Crippen LogP contribution in [-0.4, -0.2) is 26.7 Å². The Morgan fingerprint density at radius 1 is 1.17 bits per heavy atom. The molecule has 2 heterocycles. The van der Waals surface area contributed by atoms with Crippen LogP contribution >= 0.6 is 0 Å². The van der Waals surface area contributed by atoms with Crippen molar-refractivity contribution in [2.24, 2.45) is 0 Å². The van der Waals surface area contributed by atoms with Gasteiger partial charge in [0.15, 0.2) is 0 Å². The van der Waals surface area contributed by atoms with Gasteiger partial charge in [-0.2, -0.15) is 0 Å². The Morgan fingerprint density at radius 3 is 2.80 bits per heavy atom. The molecule has 0 aliphatic heterocycles. The first-order valence-electron chi connectivity index (χ1n) is 10.2. The third-order valence-electron chi connectivity index (χ3n) is 5.43. The minimum Gasteiger partial charge on any atom is -0.423 e. The van der Waals surface area contributed by atoms with Crippen LogP contribution in [0.25, 0.3) is 22.1 Å². The van der Waals surface area contributed by atoms with Crippen LogP contribution in [0.15, 0.2) is 63.9 Å². The van der Waals surface area contributed by atoms with Crippen LogP contribution in [0.3, 0.4) is 0 Å². The number of hydrogen-bond donors (Lipinski definition) is 1. The molecule has 0 aliphatic rings. The minimum absolute atomic E-state index is 0.137. The number of fused-ring (bicyclic) bond motifs is 1. The molecule has 4 aromatic rings. The minimum atomic E-state index is -0.367. The van der Waals surface area contributed by atoms with Crippen molar-refractivity contribution in [1.82, 2.24) is 15.0 Å². The summed E-state index contributed by atoms with van der Waals surface area (Å²) in [7, 11) is 0. The van der Waals surface area contributed by atoms with Crippen LogP contribution in [0.1, 0.15) is 42.5 Å². The molecule has 0 radical (unpaired) electrons.